The standard InChI is InChI=1S/C16H22N4O2S/c21-23(22,11-10-14-4-2-1-3-5-14)19-15-6-8-16(9-7-15)20-13-17-12-18-20/h1-5,12-13,15-16,19H,6-11H2. The van der Waals surface area contributed by atoms with Gasteiger partial charge in [0.25, 0.3) is 0 Å². The molecule has 1 aliphatic rings. The third kappa shape index (κ3) is 4.62. The third-order valence-corrected chi connectivity index (χ3v) is 5.79. The predicted octanol–water partition coefficient (Wildman–Crippen LogP) is 1.92. The van der Waals surface area contributed by atoms with E-state index in [2.05, 4.69) is 14.8 Å². The van der Waals surface area contributed by atoms with E-state index >= 15 is 0 Å². The van der Waals surface area contributed by atoms with Crippen molar-refractivity contribution < 1.29 is 8.42 Å². The van der Waals surface area contributed by atoms with Crippen LogP contribution in [-0.2, 0) is 16.4 Å². The molecule has 1 heterocycles. The van der Waals surface area contributed by atoms with E-state index in [1.54, 1.807) is 12.7 Å². The lowest BCUT2D eigenvalue weighted by Crippen LogP contribution is -2.39. The van der Waals surface area contributed by atoms with Gasteiger partial charge < -0.3 is 0 Å². The van der Waals surface area contributed by atoms with Gasteiger partial charge in [0.1, 0.15) is 12.7 Å². The molecule has 0 radical (unpaired) electrons. The number of hydrogen-bond acceptors (Lipinski definition) is 4. The number of nitrogens with zero attached hydrogens (tertiary/aromatic N) is 3. The Hall–Kier alpha value is -1.73. The van der Waals surface area contributed by atoms with Gasteiger partial charge in [0, 0.05) is 6.04 Å². The van der Waals surface area contributed by atoms with Crippen molar-refractivity contribution in [1.82, 2.24) is 19.5 Å². The van der Waals surface area contributed by atoms with E-state index in [1.807, 2.05) is 35.0 Å². The lowest BCUT2D eigenvalue weighted by Gasteiger charge is -2.28. The van der Waals surface area contributed by atoms with Crippen molar-refractivity contribution in [3.8, 4) is 0 Å². The number of nitrogens with one attached hydrogen (secondary N) is 1. The summed E-state index contributed by atoms with van der Waals surface area (Å²) in [6, 6.07) is 10.1. The minimum atomic E-state index is -3.24. The molecule has 1 aromatic heterocycles. The van der Waals surface area contributed by atoms with Crippen LogP contribution in [0.1, 0.15) is 37.3 Å². The van der Waals surface area contributed by atoms with Crippen LogP contribution in [0.3, 0.4) is 0 Å². The highest BCUT2D eigenvalue weighted by Gasteiger charge is 2.25. The van der Waals surface area contributed by atoms with E-state index in [9.17, 15) is 8.42 Å². The summed E-state index contributed by atoms with van der Waals surface area (Å²) in [5.74, 6) is 0.139. The Morgan fingerprint density at radius 3 is 2.52 bits per heavy atom. The second kappa shape index (κ2) is 7.23. The van der Waals surface area contributed by atoms with Gasteiger partial charge in [-0.2, -0.15) is 5.10 Å². The molecule has 1 aliphatic carbocycles. The second-order valence-electron chi connectivity index (χ2n) is 6.05. The predicted molar refractivity (Wildman–Crippen MR) is 88.4 cm³/mol. The molecule has 0 aliphatic heterocycles. The lowest BCUT2D eigenvalue weighted by atomic mass is 9.92. The van der Waals surface area contributed by atoms with Crippen molar-refractivity contribution in [1.29, 1.82) is 0 Å². The maximum absolute atomic E-state index is 12.2. The average Bonchev–Trinajstić information content (AvgIpc) is 3.09. The van der Waals surface area contributed by atoms with E-state index in [0.717, 1.165) is 31.2 Å². The van der Waals surface area contributed by atoms with E-state index in [0.29, 0.717) is 12.5 Å². The third-order valence-electron chi connectivity index (χ3n) is 4.36. The van der Waals surface area contributed by atoms with Gasteiger partial charge in [-0.1, -0.05) is 30.3 Å². The second-order valence-corrected chi connectivity index (χ2v) is 7.93. The van der Waals surface area contributed by atoms with Gasteiger partial charge in [-0.05, 0) is 37.7 Å². The van der Waals surface area contributed by atoms with Gasteiger partial charge >= 0.3 is 0 Å². The summed E-state index contributed by atoms with van der Waals surface area (Å²) < 4.78 is 29.2. The maximum atomic E-state index is 12.2. The zero-order chi connectivity index (χ0) is 16.1. The Kier molecular flexibility index (Phi) is 5.07. The first-order valence-corrected chi connectivity index (χ1v) is 9.66. The van der Waals surface area contributed by atoms with Crippen LogP contribution >= 0.6 is 0 Å². The van der Waals surface area contributed by atoms with Crippen LogP contribution in [0.15, 0.2) is 43.0 Å². The molecular formula is C16H22N4O2S. The van der Waals surface area contributed by atoms with E-state index < -0.39 is 10.0 Å². The van der Waals surface area contributed by atoms with Crippen LogP contribution in [0.5, 0.6) is 0 Å². The Morgan fingerprint density at radius 2 is 1.87 bits per heavy atom. The molecule has 3 rings (SSSR count). The summed E-state index contributed by atoms with van der Waals surface area (Å²) in [6.07, 6.45) is 7.35. The van der Waals surface area contributed by atoms with E-state index in [-0.39, 0.29) is 11.8 Å². The van der Waals surface area contributed by atoms with Crippen LogP contribution < -0.4 is 4.72 Å². The molecule has 7 heteroatoms. The van der Waals surface area contributed by atoms with Gasteiger partial charge in [-0.15, -0.1) is 0 Å². The molecule has 0 spiro atoms. The molecule has 2 aromatic rings. The van der Waals surface area contributed by atoms with Crippen LogP contribution in [0.2, 0.25) is 0 Å². The van der Waals surface area contributed by atoms with Crippen LogP contribution in [0, 0.1) is 0 Å². The zero-order valence-electron chi connectivity index (χ0n) is 13.0. The number of aryl methyl sites for hydroxylation is 1. The molecule has 1 aromatic carbocycles. The number of aromatic nitrogens is 3. The molecular weight excluding hydrogens is 312 g/mol. The highest BCUT2D eigenvalue weighted by Crippen LogP contribution is 2.27. The van der Waals surface area contributed by atoms with Gasteiger partial charge in [0.15, 0.2) is 0 Å². The largest absolute Gasteiger partial charge is 0.250 e. The van der Waals surface area contributed by atoms with Gasteiger partial charge in [-0.3, -0.25) is 0 Å². The smallest absolute Gasteiger partial charge is 0.212 e. The Bertz CT molecular complexity index is 693. The quantitative estimate of drug-likeness (QED) is 0.875. The highest BCUT2D eigenvalue weighted by molar-refractivity contribution is 7.89. The van der Waals surface area contributed by atoms with Crippen molar-refractivity contribution in [3.05, 3.63) is 48.5 Å². The molecule has 124 valence electrons. The Labute approximate surface area is 137 Å². The number of rotatable bonds is 6. The van der Waals surface area contributed by atoms with Gasteiger partial charge in [0.2, 0.25) is 10.0 Å². The number of sulfonamides is 1. The van der Waals surface area contributed by atoms with Crippen molar-refractivity contribution >= 4 is 10.0 Å². The molecule has 6 nitrogen and oxygen atoms in total. The van der Waals surface area contributed by atoms with Gasteiger partial charge in [0.05, 0.1) is 11.8 Å². The molecule has 0 bridgehead atoms. The SMILES string of the molecule is O=S(=O)(CCc1ccccc1)NC1CCC(n2cncn2)CC1. The zero-order valence-corrected chi connectivity index (χ0v) is 13.8. The topological polar surface area (TPSA) is 76.9 Å². The fourth-order valence-corrected chi connectivity index (χ4v) is 4.44. The molecule has 0 amide bonds. The monoisotopic (exact) mass is 334 g/mol. The first-order valence-electron chi connectivity index (χ1n) is 8.00. The molecule has 1 fully saturated rings. The fraction of sp³-hybridized carbons (Fsp3) is 0.500. The highest BCUT2D eigenvalue weighted by atomic mass is 32.2. The first kappa shape index (κ1) is 16.1. The van der Waals surface area contributed by atoms with E-state index in [4.69, 9.17) is 0 Å². The van der Waals surface area contributed by atoms with Crippen LogP contribution in [0.25, 0.3) is 0 Å². The van der Waals surface area contributed by atoms with Gasteiger partial charge in [-0.25, -0.2) is 22.8 Å². The van der Waals surface area contributed by atoms with Crippen LogP contribution in [-0.4, -0.2) is 35.0 Å². The Balaban J connectivity index is 1.47. The number of hydrogen-bond donors (Lipinski definition) is 1. The van der Waals surface area contributed by atoms with E-state index in [1.165, 1.54) is 0 Å². The summed E-state index contributed by atoms with van der Waals surface area (Å²) in [5, 5.41) is 4.17. The summed E-state index contributed by atoms with van der Waals surface area (Å²) in [6.45, 7) is 0. The number of benzene rings is 1. The van der Waals surface area contributed by atoms with Crippen molar-refractivity contribution in [3.63, 3.8) is 0 Å². The summed E-state index contributed by atoms with van der Waals surface area (Å²) in [5.41, 5.74) is 1.05. The first-order chi connectivity index (χ1) is 11.1. The van der Waals surface area contributed by atoms with Crippen molar-refractivity contribution in [2.24, 2.45) is 0 Å². The molecule has 0 unspecified atom stereocenters. The molecule has 23 heavy (non-hydrogen) atoms. The van der Waals surface area contributed by atoms with Crippen molar-refractivity contribution in [2.75, 3.05) is 5.75 Å². The summed E-state index contributed by atoms with van der Waals surface area (Å²) in [4.78, 5) is 3.97. The molecule has 0 atom stereocenters. The molecule has 0 saturated heterocycles. The summed E-state index contributed by atoms with van der Waals surface area (Å²) in [7, 11) is -3.24. The minimum absolute atomic E-state index is 0.0375. The molecule has 1 saturated carbocycles. The Morgan fingerprint density at radius 1 is 1.13 bits per heavy atom. The summed E-state index contributed by atoms with van der Waals surface area (Å²) >= 11 is 0. The normalized spacial score (nSPS) is 22.1. The minimum Gasteiger partial charge on any atom is -0.250 e. The maximum Gasteiger partial charge on any atom is 0.212 e. The fourth-order valence-electron chi connectivity index (χ4n) is 3.07. The lowest BCUT2D eigenvalue weighted by molar-refractivity contribution is 0.293. The van der Waals surface area contributed by atoms with Crippen molar-refractivity contribution in [2.45, 2.75) is 44.2 Å². The van der Waals surface area contributed by atoms with Crippen LogP contribution in [0.4, 0.5) is 0 Å². The molecule has 1 N–H and O–H groups in total. The average molecular weight is 334 g/mol.